The zero-order valence-electron chi connectivity index (χ0n) is 13.2. The average molecular weight is 356 g/mol. The van der Waals surface area contributed by atoms with E-state index in [4.69, 9.17) is 5.21 Å². The first-order valence-corrected chi connectivity index (χ1v) is 8.40. The summed E-state index contributed by atoms with van der Waals surface area (Å²) in [7, 11) is 0. The predicted molar refractivity (Wildman–Crippen MR) is 93.6 cm³/mol. The average Bonchev–Trinajstić information content (AvgIpc) is 3.31. The van der Waals surface area contributed by atoms with Crippen LogP contribution >= 0.6 is 11.3 Å². The molecule has 0 unspecified atom stereocenters. The second kappa shape index (κ2) is 7.73. The lowest BCUT2D eigenvalue weighted by molar-refractivity contribution is 0.0711. The van der Waals surface area contributed by atoms with Crippen LogP contribution in [-0.4, -0.2) is 33.3 Å². The number of amides is 2. The molecule has 7 nitrogen and oxygen atoms in total. The lowest BCUT2D eigenvalue weighted by Crippen LogP contribution is -2.27. The molecule has 128 valence electrons. The van der Waals surface area contributed by atoms with E-state index in [1.165, 1.54) is 11.3 Å². The third-order valence-corrected chi connectivity index (χ3v) is 4.59. The number of hydroxylamine groups is 1. The molecular weight excluding hydrogens is 340 g/mol. The van der Waals surface area contributed by atoms with Gasteiger partial charge in [-0.2, -0.15) is 5.10 Å². The van der Waals surface area contributed by atoms with Crippen LogP contribution in [0, 0.1) is 0 Å². The minimum Gasteiger partial charge on any atom is -0.350 e. The molecule has 3 N–H and O–H groups in total. The normalized spacial score (nSPS) is 10.4. The number of aromatic nitrogens is 2. The van der Waals surface area contributed by atoms with Crippen molar-refractivity contribution in [2.75, 3.05) is 6.54 Å². The first kappa shape index (κ1) is 16.9. The number of hydrogen-bond donors (Lipinski definition) is 3. The van der Waals surface area contributed by atoms with Crippen LogP contribution in [0.15, 0.2) is 54.7 Å². The molecule has 0 bridgehead atoms. The van der Waals surface area contributed by atoms with Crippen LogP contribution in [0.2, 0.25) is 0 Å². The Hall–Kier alpha value is -2.97. The molecule has 0 fully saturated rings. The van der Waals surface area contributed by atoms with Crippen molar-refractivity contribution in [3.63, 3.8) is 0 Å². The van der Waals surface area contributed by atoms with Crippen molar-refractivity contribution < 1.29 is 14.8 Å². The van der Waals surface area contributed by atoms with Gasteiger partial charge >= 0.3 is 0 Å². The summed E-state index contributed by atoms with van der Waals surface area (Å²) in [4.78, 5) is 24.6. The molecule has 2 heterocycles. The molecule has 0 saturated heterocycles. The van der Waals surface area contributed by atoms with Gasteiger partial charge in [-0.15, -0.1) is 11.3 Å². The van der Waals surface area contributed by atoms with Crippen LogP contribution in [0.25, 0.3) is 10.6 Å². The molecule has 0 aliphatic rings. The quantitative estimate of drug-likeness (QED) is 0.466. The summed E-state index contributed by atoms with van der Waals surface area (Å²) >= 11 is 1.24. The van der Waals surface area contributed by atoms with Crippen LogP contribution in [0.3, 0.4) is 0 Å². The van der Waals surface area contributed by atoms with Crippen LogP contribution < -0.4 is 10.8 Å². The SMILES string of the molecule is O=C(NCCn1ccc(-c2ccc(C(=O)NO)s2)n1)c1ccccc1. The van der Waals surface area contributed by atoms with Gasteiger partial charge in [0, 0.05) is 18.3 Å². The van der Waals surface area contributed by atoms with E-state index in [9.17, 15) is 9.59 Å². The van der Waals surface area contributed by atoms with Gasteiger partial charge in [-0.1, -0.05) is 18.2 Å². The standard InChI is InChI=1S/C17H16N4O3S/c22-16(12-4-2-1-3-5-12)18-9-11-21-10-8-13(19-21)14-6-7-15(25-14)17(23)20-24/h1-8,10,24H,9,11H2,(H,18,22)(H,20,23). The Kier molecular flexibility index (Phi) is 5.22. The molecule has 0 radical (unpaired) electrons. The highest BCUT2D eigenvalue weighted by molar-refractivity contribution is 7.17. The fourth-order valence-corrected chi connectivity index (χ4v) is 3.11. The summed E-state index contributed by atoms with van der Waals surface area (Å²) < 4.78 is 1.73. The maximum atomic E-state index is 12.0. The number of nitrogens with zero attached hydrogens (tertiary/aromatic N) is 2. The monoisotopic (exact) mass is 356 g/mol. The Bertz CT molecular complexity index is 873. The highest BCUT2D eigenvalue weighted by atomic mass is 32.1. The summed E-state index contributed by atoms with van der Waals surface area (Å²) in [5, 5.41) is 15.9. The van der Waals surface area contributed by atoms with Crippen molar-refractivity contribution in [2.45, 2.75) is 6.54 Å². The Balaban J connectivity index is 1.56. The highest BCUT2D eigenvalue weighted by Crippen LogP contribution is 2.26. The fourth-order valence-electron chi connectivity index (χ4n) is 2.25. The van der Waals surface area contributed by atoms with E-state index in [2.05, 4.69) is 10.4 Å². The van der Waals surface area contributed by atoms with Crippen LogP contribution in [0.4, 0.5) is 0 Å². The van der Waals surface area contributed by atoms with Gasteiger partial charge < -0.3 is 5.32 Å². The van der Waals surface area contributed by atoms with E-state index in [-0.39, 0.29) is 5.91 Å². The van der Waals surface area contributed by atoms with Crippen molar-refractivity contribution in [2.24, 2.45) is 0 Å². The number of carbonyl (C=O) groups excluding carboxylic acids is 2. The Morgan fingerprint density at radius 1 is 1.08 bits per heavy atom. The minimum atomic E-state index is -0.542. The van der Waals surface area contributed by atoms with Crippen molar-refractivity contribution in [1.29, 1.82) is 0 Å². The van der Waals surface area contributed by atoms with Gasteiger partial charge in [0.25, 0.3) is 11.8 Å². The zero-order valence-corrected chi connectivity index (χ0v) is 14.0. The first-order chi connectivity index (χ1) is 12.2. The molecule has 3 rings (SSSR count). The van der Waals surface area contributed by atoms with Gasteiger partial charge in [0.1, 0.15) is 5.69 Å². The van der Waals surface area contributed by atoms with Gasteiger partial charge in [0.15, 0.2) is 0 Å². The van der Waals surface area contributed by atoms with Crippen molar-refractivity contribution >= 4 is 23.2 Å². The molecule has 0 aliphatic heterocycles. The third kappa shape index (κ3) is 4.11. The summed E-state index contributed by atoms with van der Waals surface area (Å²) in [5.74, 6) is -0.662. The summed E-state index contributed by atoms with van der Waals surface area (Å²) in [5.41, 5.74) is 2.96. The van der Waals surface area contributed by atoms with Crippen LogP contribution in [0.5, 0.6) is 0 Å². The van der Waals surface area contributed by atoms with Crippen LogP contribution in [-0.2, 0) is 6.54 Å². The number of nitrogens with one attached hydrogen (secondary N) is 2. The van der Waals surface area contributed by atoms with E-state index in [0.29, 0.717) is 23.5 Å². The Labute approximate surface area is 147 Å². The lowest BCUT2D eigenvalue weighted by Gasteiger charge is -2.05. The van der Waals surface area contributed by atoms with E-state index in [0.717, 1.165) is 10.6 Å². The fraction of sp³-hybridized carbons (Fsp3) is 0.118. The molecule has 0 spiro atoms. The van der Waals surface area contributed by atoms with Gasteiger partial charge in [-0.25, -0.2) is 5.48 Å². The highest BCUT2D eigenvalue weighted by Gasteiger charge is 2.11. The molecule has 0 atom stereocenters. The van der Waals surface area contributed by atoms with E-state index in [1.807, 2.05) is 30.5 Å². The summed E-state index contributed by atoms with van der Waals surface area (Å²) in [6.45, 7) is 0.991. The van der Waals surface area contributed by atoms with Crippen molar-refractivity contribution in [3.8, 4) is 10.6 Å². The Morgan fingerprint density at radius 3 is 2.64 bits per heavy atom. The third-order valence-electron chi connectivity index (χ3n) is 3.49. The van der Waals surface area contributed by atoms with Crippen molar-refractivity contribution in [1.82, 2.24) is 20.6 Å². The second-order valence-corrected chi connectivity index (χ2v) is 6.27. The maximum Gasteiger partial charge on any atom is 0.284 e. The van der Waals surface area contributed by atoms with Gasteiger partial charge in [0.05, 0.1) is 16.3 Å². The molecule has 8 heteroatoms. The van der Waals surface area contributed by atoms with Gasteiger partial charge in [-0.05, 0) is 30.3 Å². The van der Waals surface area contributed by atoms with E-state index >= 15 is 0 Å². The molecule has 3 aromatic rings. The molecule has 0 aliphatic carbocycles. The largest absolute Gasteiger partial charge is 0.350 e. The number of carbonyl (C=O) groups is 2. The summed E-state index contributed by atoms with van der Waals surface area (Å²) in [6, 6.07) is 14.3. The van der Waals surface area contributed by atoms with Gasteiger partial charge in [-0.3, -0.25) is 19.5 Å². The topological polar surface area (TPSA) is 96.2 Å². The van der Waals surface area contributed by atoms with Gasteiger partial charge in [0.2, 0.25) is 0 Å². The number of benzene rings is 1. The second-order valence-electron chi connectivity index (χ2n) is 5.19. The van der Waals surface area contributed by atoms with Crippen molar-refractivity contribution in [3.05, 3.63) is 65.2 Å². The maximum absolute atomic E-state index is 12.0. The van der Waals surface area contributed by atoms with E-state index in [1.54, 1.807) is 34.4 Å². The number of rotatable bonds is 6. The number of thiophene rings is 1. The molecule has 1 aromatic carbocycles. The molecule has 0 saturated carbocycles. The zero-order chi connectivity index (χ0) is 17.6. The van der Waals surface area contributed by atoms with Crippen LogP contribution in [0.1, 0.15) is 20.0 Å². The van der Waals surface area contributed by atoms with E-state index < -0.39 is 5.91 Å². The first-order valence-electron chi connectivity index (χ1n) is 7.59. The summed E-state index contributed by atoms with van der Waals surface area (Å²) in [6.07, 6.45) is 1.81. The smallest absolute Gasteiger partial charge is 0.284 e. The number of hydrogen-bond acceptors (Lipinski definition) is 5. The molecule has 2 amide bonds. The molecular formula is C17H16N4O3S. The molecule has 25 heavy (non-hydrogen) atoms. The molecule has 2 aromatic heterocycles. The lowest BCUT2D eigenvalue weighted by atomic mass is 10.2. The predicted octanol–water partition coefficient (Wildman–Crippen LogP) is 2.16. The minimum absolute atomic E-state index is 0.120. The Morgan fingerprint density at radius 2 is 1.88 bits per heavy atom.